The largest absolute Gasteiger partial charge is 0.481 e. The molecule has 2 atom stereocenters. The summed E-state index contributed by atoms with van der Waals surface area (Å²) in [6.45, 7) is 9.49. The SMILES string of the molecule is Cc1ccc(OC(C)C(=O)NC(C)C)c([C@@H](C)N)c1. The molecule has 0 fully saturated rings. The van der Waals surface area contributed by atoms with Crippen LogP contribution in [-0.4, -0.2) is 18.1 Å². The van der Waals surface area contributed by atoms with E-state index < -0.39 is 6.10 Å². The van der Waals surface area contributed by atoms with Crippen molar-refractivity contribution < 1.29 is 9.53 Å². The Hall–Kier alpha value is -1.55. The summed E-state index contributed by atoms with van der Waals surface area (Å²) in [5.74, 6) is 0.554. The highest BCUT2D eigenvalue weighted by Gasteiger charge is 2.18. The fraction of sp³-hybridized carbons (Fsp3) is 0.533. The van der Waals surface area contributed by atoms with Crippen molar-refractivity contribution in [2.24, 2.45) is 5.73 Å². The highest BCUT2D eigenvalue weighted by molar-refractivity contribution is 5.80. The number of carbonyl (C=O) groups excluding carboxylic acids is 1. The summed E-state index contributed by atoms with van der Waals surface area (Å²) in [6.07, 6.45) is -0.539. The first kappa shape index (κ1) is 15.5. The summed E-state index contributed by atoms with van der Waals surface area (Å²) >= 11 is 0. The van der Waals surface area contributed by atoms with E-state index in [2.05, 4.69) is 5.32 Å². The minimum absolute atomic E-state index is 0.101. The van der Waals surface area contributed by atoms with Gasteiger partial charge in [-0.15, -0.1) is 0 Å². The van der Waals surface area contributed by atoms with Crippen molar-refractivity contribution in [2.45, 2.75) is 52.8 Å². The smallest absolute Gasteiger partial charge is 0.260 e. The van der Waals surface area contributed by atoms with Gasteiger partial charge >= 0.3 is 0 Å². The van der Waals surface area contributed by atoms with E-state index in [-0.39, 0.29) is 18.0 Å². The number of rotatable bonds is 5. The number of hydrogen-bond acceptors (Lipinski definition) is 3. The van der Waals surface area contributed by atoms with Crippen molar-refractivity contribution in [3.63, 3.8) is 0 Å². The highest BCUT2D eigenvalue weighted by atomic mass is 16.5. The van der Waals surface area contributed by atoms with Gasteiger partial charge in [-0.3, -0.25) is 4.79 Å². The van der Waals surface area contributed by atoms with E-state index in [9.17, 15) is 4.79 Å². The van der Waals surface area contributed by atoms with Crippen LogP contribution in [0.4, 0.5) is 0 Å². The topological polar surface area (TPSA) is 64.3 Å². The van der Waals surface area contributed by atoms with Gasteiger partial charge in [0.2, 0.25) is 0 Å². The molecule has 4 heteroatoms. The third-order valence-electron chi connectivity index (χ3n) is 2.76. The van der Waals surface area contributed by atoms with Gasteiger partial charge in [0.1, 0.15) is 5.75 Å². The van der Waals surface area contributed by atoms with Crippen molar-refractivity contribution in [1.29, 1.82) is 0 Å². The number of benzene rings is 1. The molecule has 0 bridgehead atoms. The van der Waals surface area contributed by atoms with Gasteiger partial charge in [0, 0.05) is 17.6 Å². The molecule has 1 rings (SSSR count). The average molecular weight is 264 g/mol. The zero-order valence-electron chi connectivity index (χ0n) is 12.4. The molecule has 0 saturated carbocycles. The van der Waals surface area contributed by atoms with Gasteiger partial charge < -0.3 is 15.8 Å². The van der Waals surface area contributed by atoms with Crippen molar-refractivity contribution >= 4 is 5.91 Å². The molecule has 0 aliphatic heterocycles. The predicted molar refractivity (Wildman–Crippen MR) is 77.2 cm³/mol. The Bertz CT molecular complexity index is 442. The quantitative estimate of drug-likeness (QED) is 0.857. The fourth-order valence-electron chi connectivity index (χ4n) is 1.78. The van der Waals surface area contributed by atoms with Gasteiger partial charge in [0.25, 0.3) is 5.91 Å². The molecular formula is C15H24N2O2. The van der Waals surface area contributed by atoms with Gasteiger partial charge in [0.05, 0.1) is 0 Å². The van der Waals surface area contributed by atoms with Crippen LogP contribution in [0.5, 0.6) is 5.75 Å². The van der Waals surface area contributed by atoms with Gasteiger partial charge in [0.15, 0.2) is 6.10 Å². The van der Waals surface area contributed by atoms with Gasteiger partial charge in [-0.1, -0.05) is 17.7 Å². The molecule has 0 saturated heterocycles. The van der Waals surface area contributed by atoms with E-state index in [0.29, 0.717) is 5.75 Å². The molecule has 0 aromatic heterocycles. The van der Waals surface area contributed by atoms with Crippen molar-refractivity contribution in [2.75, 3.05) is 0 Å². The van der Waals surface area contributed by atoms with E-state index >= 15 is 0 Å². The number of amides is 1. The lowest BCUT2D eigenvalue weighted by atomic mass is 10.1. The molecule has 106 valence electrons. The van der Waals surface area contributed by atoms with Crippen LogP contribution >= 0.6 is 0 Å². The highest BCUT2D eigenvalue weighted by Crippen LogP contribution is 2.26. The molecule has 4 nitrogen and oxygen atoms in total. The van der Waals surface area contributed by atoms with Gasteiger partial charge in [-0.25, -0.2) is 0 Å². The van der Waals surface area contributed by atoms with E-state index in [1.54, 1.807) is 6.92 Å². The number of hydrogen-bond donors (Lipinski definition) is 2. The van der Waals surface area contributed by atoms with E-state index in [4.69, 9.17) is 10.5 Å². The first-order chi connectivity index (χ1) is 8.81. The van der Waals surface area contributed by atoms with E-state index in [1.165, 1.54) is 0 Å². The lowest BCUT2D eigenvalue weighted by Crippen LogP contribution is -2.40. The maximum absolute atomic E-state index is 11.8. The molecule has 19 heavy (non-hydrogen) atoms. The van der Waals surface area contributed by atoms with Gasteiger partial charge in [-0.2, -0.15) is 0 Å². The average Bonchev–Trinajstić information content (AvgIpc) is 2.30. The van der Waals surface area contributed by atoms with Gasteiger partial charge in [-0.05, 0) is 40.7 Å². The standard InChI is InChI=1S/C15H24N2O2/c1-9(2)17-15(18)12(5)19-14-7-6-10(3)8-13(14)11(4)16/h6-9,11-12H,16H2,1-5H3,(H,17,18)/t11-,12?/m1/s1. The maximum atomic E-state index is 11.8. The summed E-state index contributed by atoms with van der Waals surface area (Å²) in [4.78, 5) is 11.8. The minimum atomic E-state index is -0.539. The number of nitrogens with two attached hydrogens (primary N) is 1. The lowest BCUT2D eigenvalue weighted by Gasteiger charge is -2.20. The third kappa shape index (κ3) is 4.56. The van der Waals surface area contributed by atoms with Crippen LogP contribution < -0.4 is 15.8 Å². The zero-order valence-corrected chi connectivity index (χ0v) is 12.4. The third-order valence-corrected chi connectivity index (χ3v) is 2.76. The van der Waals surface area contributed by atoms with Crippen LogP contribution in [0.25, 0.3) is 0 Å². The second-order valence-corrected chi connectivity index (χ2v) is 5.25. The van der Waals surface area contributed by atoms with Crippen LogP contribution in [0, 0.1) is 6.92 Å². The summed E-state index contributed by atoms with van der Waals surface area (Å²) in [5, 5.41) is 2.83. The molecule has 3 N–H and O–H groups in total. The Kier molecular flexibility index (Phi) is 5.36. The predicted octanol–water partition coefficient (Wildman–Crippen LogP) is 2.31. The fourth-order valence-corrected chi connectivity index (χ4v) is 1.78. The maximum Gasteiger partial charge on any atom is 0.260 e. The van der Waals surface area contributed by atoms with Crippen LogP contribution in [0.3, 0.4) is 0 Å². The Balaban J connectivity index is 2.84. The summed E-state index contributed by atoms with van der Waals surface area (Å²) in [5.41, 5.74) is 7.98. The summed E-state index contributed by atoms with van der Waals surface area (Å²) in [7, 11) is 0. The molecule has 0 aliphatic carbocycles. The summed E-state index contributed by atoms with van der Waals surface area (Å²) < 4.78 is 5.73. The normalized spacial score (nSPS) is 14.1. The summed E-state index contributed by atoms with van der Waals surface area (Å²) in [6, 6.07) is 5.79. The van der Waals surface area contributed by atoms with Crippen molar-refractivity contribution in [3.8, 4) is 5.75 Å². The number of ether oxygens (including phenoxy) is 1. The van der Waals surface area contributed by atoms with Crippen LogP contribution in [0.2, 0.25) is 0 Å². The van der Waals surface area contributed by atoms with Crippen molar-refractivity contribution in [3.05, 3.63) is 29.3 Å². The van der Waals surface area contributed by atoms with Crippen LogP contribution in [0.15, 0.2) is 18.2 Å². The minimum Gasteiger partial charge on any atom is -0.481 e. The molecule has 1 aromatic rings. The number of carbonyl (C=O) groups is 1. The molecule has 1 aromatic carbocycles. The monoisotopic (exact) mass is 264 g/mol. The zero-order chi connectivity index (χ0) is 14.6. The Morgan fingerprint density at radius 1 is 1.26 bits per heavy atom. The van der Waals surface area contributed by atoms with Crippen LogP contribution in [0.1, 0.15) is 44.9 Å². The number of nitrogens with one attached hydrogen (secondary N) is 1. The Labute approximate surface area is 115 Å². The van der Waals surface area contributed by atoms with Crippen molar-refractivity contribution in [1.82, 2.24) is 5.32 Å². The Morgan fingerprint density at radius 3 is 2.42 bits per heavy atom. The molecule has 1 unspecified atom stereocenters. The second kappa shape index (κ2) is 6.57. The molecule has 0 spiro atoms. The molecule has 0 heterocycles. The molecule has 1 amide bonds. The lowest BCUT2D eigenvalue weighted by molar-refractivity contribution is -0.127. The number of aryl methyl sites for hydroxylation is 1. The second-order valence-electron chi connectivity index (χ2n) is 5.25. The van der Waals surface area contributed by atoms with E-state index in [0.717, 1.165) is 11.1 Å². The van der Waals surface area contributed by atoms with E-state index in [1.807, 2.05) is 45.9 Å². The molecule has 0 radical (unpaired) electrons. The molecular weight excluding hydrogens is 240 g/mol. The van der Waals surface area contributed by atoms with Crippen LogP contribution in [-0.2, 0) is 4.79 Å². The Morgan fingerprint density at radius 2 is 1.89 bits per heavy atom. The first-order valence-electron chi connectivity index (χ1n) is 6.64. The molecule has 0 aliphatic rings. The first-order valence-corrected chi connectivity index (χ1v) is 6.64.